The van der Waals surface area contributed by atoms with Crippen LogP contribution in [0, 0.1) is 13.8 Å². The van der Waals surface area contributed by atoms with Crippen LogP contribution in [0.15, 0.2) is 92.2 Å². The first kappa shape index (κ1) is 58.1. The Labute approximate surface area is 442 Å². The molecule has 3 N–H and O–H groups in total. The smallest absolute Gasteiger partial charge is 0.330 e. The van der Waals surface area contributed by atoms with E-state index in [2.05, 4.69) is 77.7 Å². The number of esters is 1. The number of benzene rings is 2. The monoisotopic (exact) mass is 1070 g/mol. The Balaban J connectivity index is 0.000000219. The molecule has 0 amide bonds. The molecule has 0 bridgehead atoms. The number of aromatic nitrogens is 4. The summed E-state index contributed by atoms with van der Waals surface area (Å²) in [6.45, 7) is 31.2. The number of rotatable bonds is 17. The van der Waals surface area contributed by atoms with Crippen LogP contribution in [-0.2, 0) is 50.5 Å². The molecule has 2 aromatic heterocycles. The fraction of sp³-hybridized carbons (Fsp3) is 0.625. The third-order valence-corrected chi connectivity index (χ3v) is 26.0. The lowest BCUT2D eigenvalue weighted by molar-refractivity contribution is -0.185. The minimum absolute atomic E-state index is 0.0124. The van der Waals surface area contributed by atoms with Crippen LogP contribution in [0.2, 0.25) is 36.3 Å². The third-order valence-electron chi connectivity index (χ3n) is 17.0. The van der Waals surface area contributed by atoms with Crippen molar-refractivity contribution in [3.05, 3.63) is 137 Å². The second-order valence-corrected chi connectivity index (χ2v) is 33.6. The minimum Gasteiger partial charge on any atom is -0.455 e. The van der Waals surface area contributed by atoms with Crippen molar-refractivity contribution in [3.63, 3.8) is 0 Å². The zero-order valence-corrected chi connectivity index (χ0v) is 48.8. The molecule has 2 aromatic carbocycles. The number of hydrogen-bond donors (Lipinski definition) is 3. The van der Waals surface area contributed by atoms with E-state index in [1.165, 1.54) is 28.5 Å². The molecule has 0 spiro atoms. The average molecular weight is 1080 g/mol. The van der Waals surface area contributed by atoms with Crippen LogP contribution < -0.4 is 22.5 Å². The first-order valence-corrected chi connectivity index (χ1v) is 32.3. The van der Waals surface area contributed by atoms with E-state index in [-0.39, 0.29) is 23.3 Å². The highest BCUT2D eigenvalue weighted by atomic mass is 28.4. The lowest BCUT2D eigenvalue weighted by Crippen LogP contribution is -2.60. The standard InChI is InChI=1S/C29H42N2O7Si.C27H40N2O6Si/c1-9-29(28(15-16-28)38-39(7,8)27(4,5)6)23(35-18-21-13-11-10-12-14-21)22(36-20(3)32)25(37-29)31-17-19(2)24(33)30-26(31)34;1-8-27(26(14-15-26)35-36(6,7)25(3,4)5)21(33-17-19-12-10-9-11-13-19)20(30)23(34-27)29-16-18(2)22(31)28-24(29)32/h10-14,17,22-23,25H,9,15-16,18H2,1-8H3,(H,30,33,34);9-13,16,20-21,23,30H,8,14-15,17H2,1-7H3,(H,28,31,32)/t22-,23?,25+,29+;20-,21?,23+,27+/m00/s1. The fourth-order valence-electron chi connectivity index (χ4n) is 10.5. The van der Waals surface area contributed by atoms with Gasteiger partial charge in [0.05, 0.1) is 24.4 Å². The molecular formula is C56H82N4O13Si2. The second kappa shape index (κ2) is 21.3. The quantitative estimate of drug-likeness (QED) is 0.0669. The molecule has 4 heterocycles. The predicted molar refractivity (Wildman–Crippen MR) is 291 cm³/mol. The molecule has 2 saturated heterocycles. The molecule has 4 aromatic rings. The maximum Gasteiger partial charge on any atom is 0.330 e. The summed E-state index contributed by atoms with van der Waals surface area (Å²) in [5.41, 5.74) is -2.83. The summed E-state index contributed by atoms with van der Waals surface area (Å²) < 4.78 is 49.3. The van der Waals surface area contributed by atoms with E-state index in [0.717, 1.165) is 36.8 Å². The van der Waals surface area contributed by atoms with Crippen molar-refractivity contribution in [1.29, 1.82) is 0 Å². The summed E-state index contributed by atoms with van der Waals surface area (Å²) in [6.07, 6.45) is 1.45. The van der Waals surface area contributed by atoms with Gasteiger partial charge in [0.1, 0.15) is 29.5 Å². The van der Waals surface area contributed by atoms with Crippen LogP contribution >= 0.6 is 0 Å². The summed E-state index contributed by atoms with van der Waals surface area (Å²) in [5, 5.41) is 11.6. The number of aliphatic hydroxyl groups is 1. The van der Waals surface area contributed by atoms with Crippen molar-refractivity contribution in [2.24, 2.45) is 0 Å². The minimum atomic E-state index is -2.27. The van der Waals surface area contributed by atoms with Crippen LogP contribution in [-0.4, -0.2) is 93.6 Å². The van der Waals surface area contributed by atoms with Gasteiger partial charge in [0.25, 0.3) is 11.1 Å². The van der Waals surface area contributed by atoms with Crippen molar-refractivity contribution < 1.29 is 42.4 Å². The van der Waals surface area contributed by atoms with Gasteiger partial charge in [-0.3, -0.25) is 33.5 Å². The number of aliphatic hydroxyl groups excluding tert-OH is 1. The summed E-state index contributed by atoms with van der Waals surface area (Å²) >= 11 is 0. The van der Waals surface area contributed by atoms with Crippen LogP contribution in [0.25, 0.3) is 0 Å². The third kappa shape index (κ3) is 11.3. The van der Waals surface area contributed by atoms with E-state index in [9.17, 15) is 29.1 Å². The van der Waals surface area contributed by atoms with Gasteiger partial charge >= 0.3 is 17.3 Å². The van der Waals surface area contributed by atoms with E-state index in [1.54, 1.807) is 13.8 Å². The number of nitrogens with zero attached hydrogens (tertiary/aromatic N) is 2. The first-order chi connectivity index (χ1) is 34.9. The second-order valence-electron chi connectivity index (χ2n) is 24.2. The van der Waals surface area contributed by atoms with Gasteiger partial charge in [0.15, 0.2) is 35.2 Å². The zero-order valence-electron chi connectivity index (χ0n) is 46.8. The topological polar surface area (TPSA) is 212 Å². The number of carbonyl (C=O) groups is 1. The van der Waals surface area contributed by atoms with Crippen molar-refractivity contribution in [3.8, 4) is 0 Å². The maximum absolute atomic E-state index is 13.0. The normalized spacial score (nSPS) is 27.1. The van der Waals surface area contributed by atoms with Gasteiger partial charge in [-0.25, -0.2) is 9.59 Å². The summed E-state index contributed by atoms with van der Waals surface area (Å²) in [4.78, 5) is 67.1. The maximum atomic E-state index is 13.0. The van der Waals surface area contributed by atoms with Crippen molar-refractivity contribution in [1.82, 2.24) is 19.1 Å². The Morgan fingerprint density at radius 2 is 1.03 bits per heavy atom. The van der Waals surface area contributed by atoms with Gasteiger partial charge < -0.3 is 37.6 Å². The molecule has 2 saturated carbocycles. The lowest BCUT2D eigenvalue weighted by atomic mass is 9.84. The molecule has 19 heteroatoms. The molecule has 4 aliphatic rings. The number of ether oxygens (including phenoxy) is 5. The van der Waals surface area contributed by atoms with Crippen LogP contribution in [0.4, 0.5) is 0 Å². The van der Waals surface area contributed by atoms with Gasteiger partial charge in [-0.2, -0.15) is 0 Å². The van der Waals surface area contributed by atoms with E-state index in [0.29, 0.717) is 24.0 Å². The van der Waals surface area contributed by atoms with Gasteiger partial charge in [0, 0.05) is 30.4 Å². The highest BCUT2D eigenvalue weighted by Gasteiger charge is 2.74. The van der Waals surface area contributed by atoms with Crippen LogP contribution in [0.3, 0.4) is 0 Å². The van der Waals surface area contributed by atoms with Crippen molar-refractivity contribution in [2.45, 2.75) is 223 Å². The fourth-order valence-corrected chi connectivity index (χ4v) is 13.8. The summed E-state index contributed by atoms with van der Waals surface area (Å²) in [7, 11) is -4.48. The number of carbonyl (C=O) groups excluding carboxylic acids is 1. The first-order valence-electron chi connectivity index (χ1n) is 26.5. The summed E-state index contributed by atoms with van der Waals surface area (Å²) in [6, 6.07) is 19.5. The highest BCUT2D eigenvalue weighted by molar-refractivity contribution is 6.74. The van der Waals surface area contributed by atoms with Gasteiger partial charge in [0.2, 0.25) is 0 Å². The number of nitrogens with one attached hydrogen (secondary N) is 2. The molecule has 8 atom stereocenters. The van der Waals surface area contributed by atoms with E-state index < -0.39 is 104 Å². The van der Waals surface area contributed by atoms with Crippen LogP contribution in [0.5, 0.6) is 0 Å². The van der Waals surface area contributed by atoms with Gasteiger partial charge in [-0.15, -0.1) is 0 Å². The number of aromatic amines is 2. The molecule has 412 valence electrons. The Hall–Kier alpha value is -4.58. The lowest BCUT2D eigenvalue weighted by Gasteiger charge is -2.47. The molecule has 4 fully saturated rings. The number of hydrogen-bond acceptors (Lipinski definition) is 13. The zero-order chi connectivity index (χ0) is 55.3. The predicted octanol–water partition coefficient (Wildman–Crippen LogP) is 8.62. The van der Waals surface area contributed by atoms with Crippen molar-refractivity contribution in [2.75, 3.05) is 0 Å². The van der Waals surface area contributed by atoms with E-state index in [4.69, 9.17) is 32.5 Å². The molecule has 17 nitrogen and oxygen atoms in total. The molecule has 2 aliphatic heterocycles. The van der Waals surface area contributed by atoms with Crippen molar-refractivity contribution >= 4 is 22.6 Å². The molecule has 75 heavy (non-hydrogen) atoms. The molecule has 8 rings (SSSR count). The molecular weight excluding hydrogens is 993 g/mol. The summed E-state index contributed by atoms with van der Waals surface area (Å²) in [5.74, 6) is -0.516. The SMILES string of the molecule is CC[C@@]1(C2(O[Si](C)(C)C(C)(C)C)CC2)O[C@@H](n2cc(C)c(=O)[nH]c2=O)[C@@H](O)C1OCc1ccccc1.CC[C@@]1(C2(O[Si](C)(C)C(C)(C)C)CC2)O[C@@H](n2cc(C)c(=O)[nH]c2=O)[C@@H](OC(C)=O)C1OCc1ccccc1. The molecule has 0 radical (unpaired) electrons. The van der Waals surface area contributed by atoms with E-state index >= 15 is 0 Å². The number of aryl methyl sites for hydroxylation is 2. The Bertz CT molecular complexity index is 2900. The Morgan fingerprint density at radius 3 is 1.40 bits per heavy atom. The van der Waals surface area contributed by atoms with Gasteiger partial charge in [-0.05, 0) is 99.8 Å². The average Bonchev–Trinajstić information content (AvgIpc) is 4.25. The Kier molecular flexibility index (Phi) is 16.5. The molecule has 2 aliphatic carbocycles. The van der Waals surface area contributed by atoms with Gasteiger partial charge in [-0.1, -0.05) is 116 Å². The van der Waals surface area contributed by atoms with Crippen LogP contribution in [0.1, 0.15) is 136 Å². The number of H-pyrrole nitrogens is 2. The Morgan fingerprint density at radius 1 is 0.653 bits per heavy atom. The van der Waals surface area contributed by atoms with E-state index in [1.807, 2.05) is 74.5 Å². The largest absolute Gasteiger partial charge is 0.455 e. The highest BCUT2D eigenvalue weighted by Crippen LogP contribution is 2.63. The molecule has 2 unspecified atom stereocenters.